The number of hydrogen-bond acceptors (Lipinski definition) is 5. The molecule has 2 amide bonds. The molecule has 0 radical (unpaired) electrons. The molecular weight excluding hydrogens is 368 g/mol. The summed E-state index contributed by atoms with van der Waals surface area (Å²) in [4.78, 5) is 15.9. The molecule has 1 N–H and O–H groups in total. The number of aromatic nitrogens is 4. The van der Waals surface area contributed by atoms with Crippen LogP contribution in [0.3, 0.4) is 0 Å². The van der Waals surface area contributed by atoms with Gasteiger partial charge in [0.15, 0.2) is 11.6 Å². The fraction of sp³-hybridized carbons (Fsp3) is 0.222. The lowest BCUT2D eigenvalue weighted by molar-refractivity contribution is 0.208. The largest absolute Gasteiger partial charge is 0.352 e. The third-order valence-electron chi connectivity index (χ3n) is 4.38. The fourth-order valence-electron chi connectivity index (χ4n) is 2.98. The molecule has 2 aromatic heterocycles. The number of anilines is 2. The van der Waals surface area contributed by atoms with Crippen molar-refractivity contribution in [3.05, 3.63) is 60.4 Å². The molecule has 1 aliphatic heterocycles. The van der Waals surface area contributed by atoms with Crippen molar-refractivity contribution in [3.8, 4) is 5.82 Å². The van der Waals surface area contributed by atoms with Gasteiger partial charge in [-0.15, -0.1) is 10.2 Å². The average molecular weight is 385 g/mol. The summed E-state index contributed by atoms with van der Waals surface area (Å²) in [7, 11) is 0. The molecule has 4 rings (SSSR count). The Labute approximate surface area is 159 Å². The number of nitrogens with zero attached hydrogens (tertiary/aromatic N) is 6. The van der Waals surface area contributed by atoms with Gasteiger partial charge in [0.2, 0.25) is 0 Å². The highest BCUT2D eigenvalue weighted by Crippen LogP contribution is 2.16. The number of piperazine rings is 1. The highest BCUT2D eigenvalue weighted by Gasteiger charge is 2.22. The Hall–Kier alpha value is -3.56. The Morgan fingerprint density at radius 1 is 0.964 bits per heavy atom. The lowest BCUT2D eigenvalue weighted by Crippen LogP contribution is -2.50. The van der Waals surface area contributed by atoms with Gasteiger partial charge in [-0.1, -0.05) is 0 Å². The third kappa shape index (κ3) is 3.90. The first-order valence-electron chi connectivity index (χ1n) is 8.69. The van der Waals surface area contributed by atoms with Gasteiger partial charge in [-0.2, -0.15) is 5.10 Å². The van der Waals surface area contributed by atoms with Crippen LogP contribution in [-0.4, -0.2) is 57.1 Å². The fourth-order valence-corrected chi connectivity index (χ4v) is 2.98. The predicted molar refractivity (Wildman–Crippen MR) is 98.3 cm³/mol. The average Bonchev–Trinajstić information content (AvgIpc) is 3.22. The van der Waals surface area contributed by atoms with Gasteiger partial charge < -0.3 is 15.1 Å². The molecule has 0 unspecified atom stereocenters. The van der Waals surface area contributed by atoms with Crippen molar-refractivity contribution in [3.63, 3.8) is 0 Å². The van der Waals surface area contributed by atoms with Crippen LogP contribution in [0.4, 0.5) is 25.1 Å². The van der Waals surface area contributed by atoms with Gasteiger partial charge in [0, 0.05) is 50.3 Å². The van der Waals surface area contributed by atoms with Crippen LogP contribution in [0.2, 0.25) is 0 Å². The minimum absolute atomic E-state index is 0.0880. The van der Waals surface area contributed by atoms with Crippen molar-refractivity contribution in [2.45, 2.75) is 0 Å². The van der Waals surface area contributed by atoms with Gasteiger partial charge in [0.05, 0.1) is 0 Å². The lowest BCUT2D eigenvalue weighted by Gasteiger charge is -2.35. The van der Waals surface area contributed by atoms with Gasteiger partial charge in [-0.3, -0.25) is 0 Å². The van der Waals surface area contributed by atoms with Crippen LogP contribution in [0.1, 0.15) is 0 Å². The Kier molecular flexibility index (Phi) is 4.83. The Morgan fingerprint density at radius 3 is 2.25 bits per heavy atom. The molecule has 0 saturated carbocycles. The molecule has 10 heteroatoms. The molecule has 1 fully saturated rings. The van der Waals surface area contributed by atoms with Crippen LogP contribution in [0.5, 0.6) is 0 Å². The third-order valence-corrected chi connectivity index (χ3v) is 4.38. The monoisotopic (exact) mass is 385 g/mol. The molecule has 0 atom stereocenters. The number of halogens is 2. The number of carbonyl (C=O) groups is 1. The van der Waals surface area contributed by atoms with E-state index in [4.69, 9.17) is 0 Å². The molecule has 3 heterocycles. The number of rotatable bonds is 3. The first kappa shape index (κ1) is 17.8. The number of nitrogens with one attached hydrogen (secondary N) is 1. The molecule has 28 heavy (non-hydrogen) atoms. The maximum atomic E-state index is 13.2. The Bertz CT molecular complexity index is 934. The van der Waals surface area contributed by atoms with Crippen molar-refractivity contribution in [2.24, 2.45) is 0 Å². The summed E-state index contributed by atoms with van der Waals surface area (Å²) >= 11 is 0. The highest BCUT2D eigenvalue weighted by molar-refractivity contribution is 5.89. The molecular formula is C18H17F2N7O. The van der Waals surface area contributed by atoms with Gasteiger partial charge in [0.1, 0.15) is 11.6 Å². The quantitative estimate of drug-likeness (QED) is 0.748. The summed E-state index contributed by atoms with van der Waals surface area (Å²) in [6, 6.07) is 8.00. The number of amides is 2. The van der Waals surface area contributed by atoms with E-state index in [1.165, 1.54) is 0 Å². The highest BCUT2D eigenvalue weighted by atomic mass is 19.1. The molecule has 1 aromatic carbocycles. The second kappa shape index (κ2) is 7.59. The summed E-state index contributed by atoms with van der Waals surface area (Å²) in [5, 5.41) is 15.0. The standard InChI is InChI=1S/C18H17F2N7O/c19-13-10-14(20)12-15(11-13)22-18(28)26-8-6-25(7-9-26)16-2-3-17(24-23-16)27-5-1-4-21-27/h1-5,10-12H,6-9H2,(H,22,28). The SMILES string of the molecule is O=C(Nc1cc(F)cc(F)c1)N1CCN(c2ccc(-n3cccn3)nn2)CC1. The minimum atomic E-state index is -0.739. The summed E-state index contributed by atoms with van der Waals surface area (Å²) in [5.41, 5.74) is 0.0880. The Balaban J connectivity index is 1.34. The Morgan fingerprint density at radius 2 is 1.64 bits per heavy atom. The summed E-state index contributed by atoms with van der Waals surface area (Å²) in [5.74, 6) is -0.147. The van der Waals surface area contributed by atoms with Crippen LogP contribution in [0.25, 0.3) is 5.82 Å². The summed E-state index contributed by atoms with van der Waals surface area (Å²) in [6.45, 7) is 2.04. The van der Waals surface area contributed by atoms with Gasteiger partial charge in [-0.05, 0) is 30.3 Å². The lowest BCUT2D eigenvalue weighted by atomic mass is 10.3. The predicted octanol–water partition coefficient (Wildman–Crippen LogP) is 2.29. The zero-order valence-electron chi connectivity index (χ0n) is 14.8. The van der Waals surface area contributed by atoms with Crippen molar-refractivity contribution < 1.29 is 13.6 Å². The van der Waals surface area contributed by atoms with E-state index in [0.717, 1.165) is 18.2 Å². The molecule has 144 valence electrons. The van der Waals surface area contributed by atoms with Crippen LogP contribution >= 0.6 is 0 Å². The normalized spacial score (nSPS) is 14.2. The molecule has 1 saturated heterocycles. The first-order chi connectivity index (χ1) is 13.6. The van der Waals surface area contributed by atoms with E-state index in [1.807, 2.05) is 17.0 Å². The minimum Gasteiger partial charge on any atom is -0.352 e. The van der Waals surface area contributed by atoms with Gasteiger partial charge in [0.25, 0.3) is 0 Å². The molecule has 0 bridgehead atoms. The smallest absolute Gasteiger partial charge is 0.321 e. The van der Waals surface area contributed by atoms with Crippen molar-refractivity contribution in [1.29, 1.82) is 0 Å². The van der Waals surface area contributed by atoms with E-state index in [-0.39, 0.29) is 5.69 Å². The van der Waals surface area contributed by atoms with E-state index in [9.17, 15) is 13.6 Å². The van der Waals surface area contributed by atoms with E-state index in [2.05, 4.69) is 20.6 Å². The van der Waals surface area contributed by atoms with Crippen molar-refractivity contribution >= 4 is 17.5 Å². The van der Waals surface area contributed by atoms with E-state index < -0.39 is 17.7 Å². The maximum absolute atomic E-state index is 13.2. The van der Waals surface area contributed by atoms with E-state index >= 15 is 0 Å². The molecule has 8 nitrogen and oxygen atoms in total. The maximum Gasteiger partial charge on any atom is 0.321 e. The number of carbonyl (C=O) groups excluding carboxylic acids is 1. The zero-order valence-corrected chi connectivity index (χ0v) is 14.8. The van der Waals surface area contributed by atoms with Gasteiger partial charge in [-0.25, -0.2) is 18.3 Å². The van der Waals surface area contributed by atoms with Crippen LogP contribution in [0, 0.1) is 11.6 Å². The van der Waals surface area contributed by atoms with Crippen molar-refractivity contribution in [1.82, 2.24) is 24.9 Å². The number of urea groups is 1. The summed E-state index contributed by atoms with van der Waals surface area (Å²) < 4.78 is 28.1. The zero-order chi connectivity index (χ0) is 19.5. The topological polar surface area (TPSA) is 79.2 Å². The van der Waals surface area contributed by atoms with Crippen LogP contribution in [-0.2, 0) is 0 Å². The molecule has 0 spiro atoms. The van der Waals surface area contributed by atoms with E-state index in [1.54, 1.807) is 28.0 Å². The van der Waals surface area contributed by atoms with Crippen LogP contribution < -0.4 is 10.2 Å². The van der Waals surface area contributed by atoms with Crippen molar-refractivity contribution in [2.75, 3.05) is 36.4 Å². The first-order valence-corrected chi connectivity index (χ1v) is 8.69. The second-order valence-electron chi connectivity index (χ2n) is 6.26. The van der Waals surface area contributed by atoms with E-state index in [0.29, 0.717) is 37.8 Å². The van der Waals surface area contributed by atoms with Gasteiger partial charge >= 0.3 is 6.03 Å². The molecule has 1 aliphatic rings. The number of hydrogen-bond donors (Lipinski definition) is 1. The second-order valence-corrected chi connectivity index (χ2v) is 6.26. The number of benzene rings is 1. The molecule has 0 aliphatic carbocycles. The summed E-state index contributed by atoms with van der Waals surface area (Å²) in [6.07, 6.45) is 3.45. The van der Waals surface area contributed by atoms with Crippen LogP contribution in [0.15, 0.2) is 48.8 Å². The molecule has 3 aromatic rings.